The number of hydrogen-bond acceptors (Lipinski definition) is 3. The van der Waals surface area contributed by atoms with Crippen LogP contribution in [0.2, 0.25) is 0 Å². The molecular weight excluding hydrogens is 172 g/mol. The van der Waals surface area contributed by atoms with E-state index in [1.54, 1.807) is 6.92 Å². The molecule has 0 aromatic heterocycles. The second-order valence-corrected chi connectivity index (χ2v) is 2.81. The van der Waals surface area contributed by atoms with E-state index in [1.807, 2.05) is 0 Å². The average Bonchev–Trinajstić information content (AvgIpc) is 2.04. The maximum Gasteiger partial charge on any atom is 0.305 e. The van der Waals surface area contributed by atoms with Crippen LogP contribution in [0, 0.1) is 0 Å². The van der Waals surface area contributed by atoms with Gasteiger partial charge in [-0.1, -0.05) is 13.3 Å². The normalized spacial score (nSPS) is 12.8. The van der Waals surface area contributed by atoms with Gasteiger partial charge >= 0.3 is 5.97 Å². The van der Waals surface area contributed by atoms with E-state index in [1.165, 1.54) is 0 Å². The SMILES string of the molecule is CCCCOC(C)OCCC(=O)O. The maximum atomic E-state index is 10.1. The van der Waals surface area contributed by atoms with Crippen LogP contribution < -0.4 is 0 Å². The van der Waals surface area contributed by atoms with Crippen molar-refractivity contribution < 1.29 is 19.4 Å². The summed E-state index contributed by atoms with van der Waals surface area (Å²) < 4.78 is 10.3. The summed E-state index contributed by atoms with van der Waals surface area (Å²) in [4.78, 5) is 10.1. The third-order valence-corrected chi connectivity index (χ3v) is 1.52. The molecule has 1 N–H and O–H groups in total. The van der Waals surface area contributed by atoms with Crippen molar-refractivity contribution in [2.24, 2.45) is 0 Å². The Balaban J connectivity index is 3.19. The third-order valence-electron chi connectivity index (χ3n) is 1.52. The number of ether oxygens (including phenoxy) is 2. The van der Waals surface area contributed by atoms with Crippen molar-refractivity contribution >= 4 is 5.97 Å². The van der Waals surface area contributed by atoms with Gasteiger partial charge in [0.2, 0.25) is 0 Å². The van der Waals surface area contributed by atoms with Gasteiger partial charge < -0.3 is 14.6 Å². The number of aliphatic carboxylic acids is 1. The summed E-state index contributed by atoms with van der Waals surface area (Å²) in [5.41, 5.74) is 0. The van der Waals surface area contributed by atoms with Crippen LogP contribution >= 0.6 is 0 Å². The Morgan fingerprint density at radius 2 is 2.00 bits per heavy atom. The highest BCUT2D eigenvalue weighted by Gasteiger charge is 2.02. The fraction of sp³-hybridized carbons (Fsp3) is 0.889. The summed E-state index contributed by atoms with van der Waals surface area (Å²) in [5.74, 6) is -0.847. The molecule has 0 aliphatic rings. The van der Waals surface area contributed by atoms with Gasteiger partial charge in [-0.15, -0.1) is 0 Å². The molecule has 1 unspecified atom stereocenters. The molecule has 0 aromatic carbocycles. The van der Waals surface area contributed by atoms with E-state index < -0.39 is 5.97 Å². The molecule has 0 rings (SSSR count). The summed E-state index contributed by atoms with van der Waals surface area (Å²) in [5, 5.41) is 8.32. The minimum absolute atomic E-state index is 0.0292. The summed E-state index contributed by atoms with van der Waals surface area (Å²) in [6, 6.07) is 0. The van der Waals surface area contributed by atoms with Crippen LogP contribution in [-0.2, 0) is 14.3 Å². The van der Waals surface area contributed by atoms with E-state index in [0.29, 0.717) is 6.61 Å². The fourth-order valence-electron chi connectivity index (χ4n) is 0.754. The number of unbranched alkanes of at least 4 members (excludes halogenated alkanes) is 1. The lowest BCUT2D eigenvalue weighted by atomic mass is 10.4. The lowest BCUT2D eigenvalue weighted by Crippen LogP contribution is -2.16. The van der Waals surface area contributed by atoms with Gasteiger partial charge in [-0.3, -0.25) is 4.79 Å². The molecule has 0 radical (unpaired) electrons. The molecular formula is C9H18O4. The Hall–Kier alpha value is -0.610. The monoisotopic (exact) mass is 190 g/mol. The minimum atomic E-state index is -0.847. The van der Waals surface area contributed by atoms with Crippen molar-refractivity contribution in [3.63, 3.8) is 0 Å². The van der Waals surface area contributed by atoms with Crippen LogP contribution in [0.1, 0.15) is 33.1 Å². The van der Waals surface area contributed by atoms with E-state index >= 15 is 0 Å². The van der Waals surface area contributed by atoms with Crippen LogP contribution in [0.15, 0.2) is 0 Å². The molecule has 0 saturated heterocycles. The lowest BCUT2D eigenvalue weighted by Gasteiger charge is -2.12. The second kappa shape index (κ2) is 8.01. The first kappa shape index (κ1) is 12.4. The molecule has 4 heteroatoms. The van der Waals surface area contributed by atoms with E-state index in [4.69, 9.17) is 14.6 Å². The van der Waals surface area contributed by atoms with Crippen LogP contribution in [0.25, 0.3) is 0 Å². The lowest BCUT2D eigenvalue weighted by molar-refractivity contribution is -0.148. The van der Waals surface area contributed by atoms with Gasteiger partial charge in [0.05, 0.1) is 13.0 Å². The molecule has 0 aliphatic carbocycles. The number of carboxylic acids is 1. The molecule has 0 spiro atoms. The standard InChI is InChI=1S/C9H18O4/c1-3-4-6-12-8(2)13-7-5-9(10)11/h8H,3-7H2,1-2H3,(H,10,11). The van der Waals surface area contributed by atoms with Crippen molar-refractivity contribution in [2.45, 2.75) is 39.4 Å². The zero-order chi connectivity index (χ0) is 10.1. The zero-order valence-corrected chi connectivity index (χ0v) is 8.28. The molecule has 0 aromatic rings. The van der Waals surface area contributed by atoms with Gasteiger partial charge in [0.25, 0.3) is 0 Å². The van der Waals surface area contributed by atoms with E-state index in [9.17, 15) is 4.79 Å². The van der Waals surface area contributed by atoms with Crippen molar-refractivity contribution in [1.82, 2.24) is 0 Å². The molecule has 0 saturated carbocycles. The van der Waals surface area contributed by atoms with E-state index in [-0.39, 0.29) is 19.3 Å². The van der Waals surface area contributed by atoms with Gasteiger partial charge in [0.1, 0.15) is 0 Å². The Morgan fingerprint density at radius 1 is 1.38 bits per heavy atom. The molecule has 78 valence electrons. The molecule has 13 heavy (non-hydrogen) atoms. The molecule has 4 nitrogen and oxygen atoms in total. The predicted octanol–water partition coefficient (Wildman–Crippen LogP) is 1.64. The third kappa shape index (κ3) is 9.30. The summed E-state index contributed by atoms with van der Waals surface area (Å²) in [6.45, 7) is 4.74. The fourth-order valence-corrected chi connectivity index (χ4v) is 0.754. The number of carbonyl (C=O) groups is 1. The minimum Gasteiger partial charge on any atom is -0.481 e. The quantitative estimate of drug-likeness (QED) is 0.467. The average molecular weight is 190 g/mol. The van der Waals surface area contributed by atoms with Crippen molar-refractivity contribution in [3.8, 4) is 0 Å². The molecule has 0 heterocycles. The second-order valence-electron chi connectivity index (χ2n) is 2.81. The van der Waals surface area contributed by atoms with Gasteiger partial charge in [0, 0.05) is 6.61 Å². The Labute approximate surface area is 78.8 Å². The first-order chi connectivity index (χ1) is 6.16. The topological polar surface area (TPSA) is 55.8 Å². The van der Waals surface area contributed by atoms with Crippen molar-refractivity contribution in [3.05, 3.63) is 0 Å². The largest absolute Gasteiger partial charge is 0.481 e. The van der Waals surface area contributed by atoms with Crippen LogP contribution in [0.4, 0.5) is 0 Å². The molecule has 0 fully saturated rings. The Morgan fingerprint density at radius 3 is 2.54 bits per heavy atom. The van der Waals surface area contributed by atoms with Gasteiger partial charge in [-0.2, -0.15) is 0 Å². The van der Waals surface area contributed by atoms with Gasteiger partial charge in [-0.25, -0.2) is 0 Å². The molecule has 1 atom stereocenters. The van der Waals surface area contributed by atoms with Crippen LogP contribution in [0.3, 0.4) is 0 Å². The number of carboxylic acid groups (broad SMARTS) is 1. The van der Waals surface area contributed by atoms with Gasteiger partial charge in [-0.05, 0) is 13.3 Å². The Bertz CT molecular complexity index is 136. The van der Waals surface area contributed by atoms with Crippen LogP contribution in [-0.4, -0.2) is 30.6 Å². The van der Waals surface area contributed by atoms with Crippen molar-refractivity contribution in [1.29, 1.82) is 0 Å². The van der Waals surface area contributed by atoms with E-state index in [2.05, 4.69) is 6.92 Å². The molecule has 0 aliphatic heterocycles. The maximum absolute atomic E-state index is 10.1. The highest BCUT2D eigenvalue weighted by Crippen LogP contribution is 1.97. The van der Waals surface area contributed by atoms with E-state index in [0.717, 1.165) is 12.8 Å². The summed E-state index contributed by atoms with van der Waals surface area (Å²) >= 11 is 0. The van der Waals surface area contributed by atoms with Gasteiger partial charge in [0.15, 0.2) is 6.29 Å². The van der Waals surface area contributed by atoms with Crippen molar-refractivity contribution in [2.75, 3.05) is 13.2 Å². The Kier molecular flexibility index (Phi) is 7.63. The molecule has 0 bridgehead atoms. The number of rotatable bonds is 8. The number of hydrogen-bond donors (Lipinski definition) is 1. The van der Waals surface area contributed by atoms with Crippen LogP contribution in [0.5, 0.6) is 0 Å². The summed E-state index contributed by atoms with van der Waals surface area (Å²) in [6.07, 6.45) is 1.82. The molecule has 0 amide bonds. The first-order valence-electron chi connectivity index (χ1n) is 4.61. The predicted molar refractivity (Wildman–Crippen MR) is 48.5 cm³/mol. The highest BCUT2D eigenvalue weighted by molar-refractivity contribution is 5.66. The highest BCUT2D eigenvalue weighted by atomic mass is 16.7. The smallest absolute Gasteiger partial charge is 0.305 e. The zero-order valence-electron chi connectivity index (χ0n) is 8.28. The first-order valence-corrected chi connectivity index (χ1v) is 4.61. The summed E-state index contributed by atoms with van der Waals surface area (Å²) in [7, 11) is 0.